The first-order valence-corrected chi connectivity index (χ1v) is 7.77. The van der Waals surface area contributed by atoms with Gasteiger partial charge in [0.05, 0.1) is 11.7 Å². The number of hydrogen-bond donors (Lipinski definition) is 0. The lowest BCUT2D eigenvalue weighted by Gasteiger charge is -2.42. The van der Waals surface area contributed by atoms with Crippen molar-refractivity contribution in [3.8, 4) is 0 Å². The number of carbonyl (C=O) groups excluding carboxylic acids is 1. The molecule has 0 radical (unpaired) electrons. The first-order chi connectivity index (χ1) is 10.3. The molecule has 0 spiro atoms. The Bertz CT molecular complexity index is 501. The minimum Gasteiger partial charge on any atom is -0.444 e. The van der Waals surface area contributed by atoms with Crippen LogP contribution >= 0.6 is 0 Å². The monoisotopic (exact) mass is 306 g/mol. The predicted molar refractivity (Wildman–Crippen MR) is 84.4 cm³/mol. The standard InChI is InChI=1S/C16H26N4O2/c1-12-11-19(15(21)22-16(3,4)5)8-9-20(12)13(2)14-10-17-6-7-18-14/h6-7,10,12-13H,8-9,11H2,1-5H3/t12-,13-/m0/s1. The molecule has 1 aliphatic rings. The van der Waals surface area contributed by atoms with Crippen LogP contribution in [-0.2, 0) is 4.74 Å². The van der Waals surface area contributed by atoms with Gasteiger partial charge in [-0.25, -0.2) is 4.79 Å². The second kappa shape index (κ2) is 6.60. The van der Waals surface area contributed by atoms with Gasteiger partial charge in [-0.2, -0.15) is 0 Å². The Balaban J connectivity index is 1.97. The molecule has 6 nitrogen and oxygen atoms in total. The molecule has 0 unspecified atom stereocenters. The molecule has 1 amide bonds. The van der Waals surface area contributed by atoms with Gasteiger partial charge in [0.25, 0.3) is 0 Å². The molecule has 22 heavy (non-hydrogen) atoms. The summed E-state index contributed by atoms with van der Waals surface area (Å²) in [5, 5.41) is 0. The Labute approximate surface area is 132 Å². The van der Waals surface area contributed by atoms with Crippen LogP contribution in [0.5, 0.6) is 0 Å². The molecule has 0 aromatic carbocycles. The Morgan fingerprint density at radius 3 is 2.64 bits per heavy atom. The van der Waals surface area contributed by atoms with Gasteiger partial charge in [0, 0.05) is 44.3 Å². The fourth-order valence-electron chi connectivity index (χ4n) is 2.74. The molecule has 0 bridgehead atoms. The Kier molecular flexibility index (Phi) is 5.01. The van der Waals surface area contributed by atoms with Gasteiger partial charge in [-0.15, -0.1) is 0 Å². The molecule has 0 N–H and O–H groups in total. The average molecular weight is 306 g/mol. The highest BCUT2D eigenvalue weighted by molar-refractivity contribution is 5.68. The maximum Gasteiger partial charge on any atom is 0.410 e. The van der Waals surface area contributed by atoms with Crippen LogP contribution in [0.2, 0.25) is 0 Å². The molecule has 2 atom stereocenters. The van der Waals surface area contributed by atoms with Crippen LogP contribution in [0.4, 0.5) is 4.79 Å². The van der Waals surface area contributed by atoms with E-state index >= 15 is 0 Å². The first kappa shape index (κ1) is 16.7. The molecule has 6 heteroatoms. The first-order valence-electron chi connectivity index (χ1n) is 7.77. The van der Waals surface area contributed by atoms with E-state index < -0.39 is 5.60 Å². The summed E-state index contributed by atoms with van der Waals surface area (Å²) in [5.41, 5.74) is 0.504. The van der Waals surface area contributed by atoms with Crippen molar-refractivity contribution in [3.05, 3.63) is 24.3 Å². The molecule has 2 heterocycles. The minimum absolute atomic E-state index is 0.185. The Hall–Kier alpha value is -1.69. The van der Waals surface area contributed by atoms with E-state index in [0.29, 0.717) is 13.1 Å². The summed E-state index contributed by atoms with van der Waals surface area (Å²) in [5.74, 6) is 0. The van der Waals surface area contributed by atoms with Crippen LogP contribution in [0.25, 0.3) is 0 Å². The third-order valence-corrected chi connectivity index (χ3v) is 3.84. The molecule has 0 saturated carbocycles. The van der Waals surface area contributed by atoms with Crippen molar-refractivity contribution in [1.82, 2.24) is 19.8 Å². The lowest BCUT2D eigenvalue weighted by molar-refractivity contribution is -0.00106. The van der Waals surface area contributed by atoms with Crippen molar-refractivity contribution in [2.75, 3.05) is 19.6 Å². The summed E-state index contributed by atoms with van der Waals surface area (Å²) in [6, 6.07) is 0.433. The summed E-state index contributed by atoms with van der Waals surface area (Å²) < 4.78 is 5.45. The largest absolute Gasteiger partial charge is 0.444 e. The lowest BCUT2D eigenvalue weighted by atomic mass is 10.1. The van der Waals surface area contributed by atoms with Crippen LogP contribution in [0.3, 0.4) is 0 Å². The van der Waals surface area contributed by atoms with Crippen molar-refractivity contribution in [1.29, 1.82) is 0 Å². The van der Waals surface area contributed by atoms with Crippen molar-refractivity contribution in [2.45, 2.75) is 52.3 Å². The highest BCUT2D eigenvalue weighted by Gasteiger charge is 2.32. The van der Waals surface area contributed by atoms with Crippen LogP contribution in [-0.4, -0.2) is 57.1 Å². The van der Waals surface area contributed by atoms with Gasteiger partial charge in [-0.1, -0.05) is 0 Å². The van der Waals surface area contributed by atoms with Crippen LogP contribution in [0, 0.1) is 0 Å². The molecule has 1 aromatic heterocycles. The second-order valence-electron chi connectivity index (χ2n) is 6.82. The summed E-state index contributed by atoms with van der Waals surface area (Å²) in [7, 11) is 0. The number of piperazine rings is 1. The Morgan fingerprint density at radius 2 is 2.09 bits per heavy atom. The topological polar surface area (TPSA) is 58.6 Å². The van der Waals surface area contributed by atoms with Gasteiger partial charge in [-0.3, -0.25) is 14.9 Å². The zero-order valence-electron chi connectivity index (χ0n) is 14.1. The number of ether oxygens (including phenoxy) is 1. The van der Waals surface area contributed by atoms with E-state index in [4.69, 9.17) is 4.74 Å². The minimum atomic E-state index is -0.454. The molecule has 1 aromatic rings. The smallest absolute Gasteiger partial charge is 0.410 e. The second-order valence-corrected chi connectivity index (χ2v) is 6.82. The summed E-state index contributed by atoms with van der Waals surface area (Å²) in [4.78, 5) is 24.8. The average Bonchev–Trinajstić information content (AvgIpc) is 2.45. The van der Waals surface area contributed by atoms with E-state index in [2.05, 4.69) is 28.7 Å². The molecule has 122 valence electrons. The zero-order valence-corrected chi connectivity index (χ0v) is 14.1. The maximum absolute atomic E-state index is 12.2. The number of rotatable bonds is 2. The molecule has 0 aliphatic carbocycles. The van der Waals surface area contributed by atoms with E-state index in [1.165, 1.54) is 0 Å². The predicted octanol–water partition coefficient (Wildman–Crippen LogP) is 2.48. The van der Waals surface area contributed by atoms with Gasteiger partial charge in [-0.05, 0) is 34.6 Å². The number of amides is 1. The third-order valence-electron chi connectivity index (χ3n) is 3.84. The van der Waals surface area contributed by atoms with Crippen LogP contribution in [0.1, 0.15) is 46.4 Å². The van der Waals surface area contributed by atoms with E-state index in [1.807, 2.05) is 20.8 Å². The molecular weight excluding hydrogens is 280 g/mol. The number of aromatic nitrogens is 2. The zero-order chi connectivity index (χ0) is 16.3. The lowest BCUT2D eigenvalue weighted by Crippen LogP contribution is -2.55. The summed E-state index contributed by atoms with van der Waals surface area (Å²) in [6.07, 6.45) is 4.97. The van der Waals surface area contributed by atoms with E-state index in [-0.39, 0.29) is 18.2 Å². The normalized spacial score (nSPS) is 21.5. The van der Waals surface area contributed by atoms with E-state index in [1.54, 1.807) is 23.5 Å². The van der Waals surface area contributed by atoms with Gasteiger partial charge in [0.15, 0.2) is 0 Å². The molecular formula is C16H26N4O2. The molecule has 2 rings (SSSR count). The fourth-order valence-corrected chi connectivity index (χ4v) is 2.74. The highest BCUT2D eigenvalue weighted by Crippen LogP contribution is 2.23. The number of carbonyl (C=O) groups is 1. The van der Waals surface area contributed by atoms with Crippen molar-refractivity contribution >= 4 is 6.09 Å². The third kappa shape index (κ3) is 4.16. The van der Waals surface area contributed by atoms with Gasteiger partial charge in [0.2, 0.25) is 0 Å². The van der Waals surface area contributed by atoms with Crippen LogP contribution < -0.4 is 0 Å². The molecule has 1 saturated heterocycles. The fraction of sp³-hybridized carbons (Fsp3) is 0.688. The van der Waals surface area contributed by atoms with Crippen molar-refractivity contribution in [3.63, 3.8) is 0 Å². The SMILES string of the molecule is C[C@H]1CN(C(=O)OC(C)(C)C)CCN1[C@@H](C)c1cnccn1. The summed E-state index contributed by atoms with van der Waals surface area (Å²) >= 11 is 0. The number of nitrogens with zero attached hydrogens (tertiary/aromatic N) is 4. The quantitative estimate of drug-likeness (QED) is 0.840. The highest BCUT2D eigenvalue weighted by atomic mass is 16.6. The van der Waals surface area contributed by atoms with Crippen molar-refractivity contribution < 1.29 is 9.53 Å². The van der Waals surface area contributed by atoms with Crippen molar-refractivity contribution in [2.24, 2.45) is 0 Å². The van der Waals surface area contributed by atoms with Gasteiger partial charge >= 0.3 is 6.09 Å². The molecule has 1 aliphatic heterocycles. The maximum atomic E-state index is 12.2. The summed E-state index contributed by atoms with van der Waals surface area (Å²) in [6.45, 7) is 12.1. The van der Waals surface area contributed by atoms with Crippen LogP contribution in [0.15, 0.2) is 18.6 Å². The molecule has 1 fully saturated rings. The van der Waals surface area contributed by atoms with E-state index in [0.717, 1.165) is 12.2 Å². The Morgan fingerprint density at radius 1 is 1.36 bits per heavy atom. The van der Waals surface area contributed by atoms with E-state index in [9.17, 15) is 4.79 Å². The number of hydrogen-bond acceptors (Lipinski definition) is 5. The van der Waals surface area contributed by atoms with Gasteiger partial charge in [0.1, 0.15) is 5.60 Å². The van der Waals surface area contributed by atoms with Gasteiger partial charge < -0.3 is 9.64 Å².